The molecule has 0 aliphatic carbocycles. The average Bonchev–Trinajstić information content (AvgIpc) is 3.28. The number of benzene rings is 2. The summed E-state index contributed by atoms with van der Waals surface area (Å²) in [5.41, 5.74) is 2.03. The van der Waals surface area contributed by atoms with Crippen LogP contribution in [0.1, 0.15) is 29.7 Å². The Balaban J connectivity index is 1.72. The molecule has 5 rings (SSSR count). The van der Waals surface area contributed by atoms with Gasteiger partial charge in [-0.2, -0.15) is 0 Å². The van der Waals surface area contributed by atoms with Crippen LogP contribution in [0.25, 0.3) is 5.69 Å². The van der Waals surface area contributed by atoms with Crippen molar-refractivity contribution >= 4 is 12.2 Å². The number of fused-ring (bicyclic) bond motifs is 2. The minimum absolute atomic E-state index is 0.0896. The lowest BCUT2D eigenvalue weighted by Gasteiger charge is -2.36. The molecular weight excluding hydrogens is 458 g/mol. The van der Waals surface area contributed by atoms with Crippen LogP contribution in [0.15, 0.2) is 35.1 Å². The monoisotopic (exact) mass is 483 g/mol. The van der Waals surface area contributed by atoms with Gasteiger partial charge in [0.2, 0.25) is 18.4 Å². The maximum absolute atomic E-state index is 13.2. The standard InChI is InChI=1S/C24H25N3O6S/c1-4-31-15-7-5-14(6-8-15)27-23(29)18(22(28)25-24(27)34)19-17-13(9-10-26(19)2)11-16-20(21(17)30-3)33-12-32-16/h5-8,11,19,29H,4,9-10,12H2,1-3H3,(H,25,28,34). The number of likely N-dealkylation sites (N-methyl/N-ethyl adjacent to an activating group) is 1. The van der Waals surface area contributed by atoms with Gasteiger partial charge in [-0.3, -0.25) is 19.2 Å². The average molecular weight is 484 g/mol. The molecule has 0 amide bonds. The fraction of sp³-hybridized carbons (Fsp3) is 0.333. The number of ether oxygens (including phenoxy) is 4. The molecule has 9 nitrogen and oxygen atoms in total. The Morgan fingerprint density at radius 1 is 1.24 bits per heavy atom. The highest BCUT2D eigenvalue weighted by Crippen LogP contribution is 2.51. The second kappa shape index (κ2) is 8.69. The van der Waals surface area contributed by atoms with Crippen molar-refractivity contribution < 1.29 is 24.1 Å². The van der Waals surface area contributed by atoms with Crippen LogP contribution >= 0.6 is 12.2 Å². The SMILES string of the molecule is CCOc1ccc(-n2c(O)c(C3c4c(cc5c(c4OC)OCO5)CCN3C)c(=O)[nH]c2=S)cc1. The number of rotatable bonds is 5. The number of aromatic hydroxyl groups is 1. The van der Waals surface area contributed by atoms with Gasteiger partial charge in [0.25, 0.3) is 5.56 Å². The number of nitrogens with zero attached hydrogens (tertiary/aromatic N) is 2. The number of hydrogen-bond acceptors (Lipinski definition) is 8. The topological polar surface area (TPSA) is 98.2 Å². The van der Waals surface area contributed by atoms with E-state index in [1.807, 2.05) is 24.9 Å². The first kappa shape index (κ1) is 22.3. The van der Waals surface area contributed by atoms with Gasteiger partial charge in [0, 0.05) is 12.1 Å². The number of aromatic nitrogens is 2. The summed E-state index contributed by atoms with van der Waals surface area (Å²) in [5.74, 6) is 2.07. The third-order valence-electron chi connectivity index (χ3n) is 6.20. The van der Waals surface area contributed by atoms with Crippen LogP contribution in [0.4, 0.5) is 0 Å². The van der Waals surface area contributed by atoms with Crippen molar-refractivity contribution in [2.75, 3.05) is 34.1 Å². The van der Waals surface area contributed by atoms with Gasteiger partial charge in [-0.25, -0.2) is 0 Å². The lowest BCUT2D eigenvalue weighted by atomic mass is 9.87. The maximum Gasteiger partial charge on any atom is 0.260 e. The molecule has 34 heavy (non-hydrogen) atoms. The van der Waals surface area contributed by atoms with Crippen molar-refractivity contribution in [3.05, 3.63) is 62.1 Å². The number of H-pyrrole nitrogens is 1. The molecule has 0 radical (unpaired) electrons. The lowest BCUT2D eigenvalue weighted by molar-refractivity contribution is 0.170. The summed E-state index contributed by atoms with van der Waals surface area (Å²) in [6, 6.07) is 8.46. The van der Waals surface area contributed by atoms with E-state index in [-0.39, 0.29) is 23.0 Å². The van der Waals surface area contributed by atoms with E-state index in [2.05, 4.69) is 4.98 Å². The molecule has 0 saturated carbocycles. The molecule has 0 bridgehead atoms. The largest absolute Gasteiger partial charge is 0.494 e. The zero-order valence-corrected chi connectivity index (χ0v) is 19.9. The number of aromatic amines is 1. The molecule has 3 aromatic rings. The van der Waals surface area contributed by atoms with E-state index in [0.29, 0.717) is 41.8 Å². The van der Waals surface area contributed by atoms with Crippen molar-refractivity contribution in [1.29, 1.82) is 0 Å². The van der Waals surface area contributed by atoms with E-state index in [1.54, 1.807) is 31.4 Å². The van der Waals surface area contributed by atoms with Crippen LogP contribution in [0.5, 0.6) is 28.9 Å². The van der Waals surface area contributed by atoms with E-state index in [0.717, 1.165) is 17.5 Å². The smallest absolute Gasteiger partial charge is 0.260 e. The van der Waals surface area contributed by atoms with Crippen LogP contribution in [0.2, 0.25) is 0 Å². The van der Waals surface area contributed by atoms with Gasteiger partial charge < -0.3 is 24.1 Å². The van der Waals surface area contributed by atoms with E-state index in [1.165, 1.54) is 4.57 Å². The Morgan fingerprint density at radius 3 is 2.71 bits per heavy atom. The van der Waals surface area contributed by atoms with Crippen LogP contribution in [-0.4, -0.2) is 53.7 Å². The molecule has 0 fully saturated rings. The summed E-state index contributed by atoms with van der Waals surface area (Å²) in [7, 11) is 3.46. The number of nitrogens with one attached hydrogen (secondary N) is 1. The highest BCUT2D eigenvalue weighted by molar-refractivity contribution is 7.71. The van der Waals surface area contributed by atoms with Crippen molar-refractivity contribution in [1.82, 2.24) is 14.5 Å². The Morgan fingerprint density at radius 2 is 2.00 bits per heavy atom. The summed E-state index contributed by atoms with van der Waals surface area (Å²) in [4.78, 5) is 18.0. The van der Waals surface area contributed by atoms with E-state index >= 15 is 0 Å². The first-order chi connectivity index (χ1) is 16.4. The van der Waals surface area contributed by atoms with Gasteiger partial charge in [-0.15, -0.1) is 0 Å². The normalized spacial score (nSPS) is 16.9. The second-order valence-corrected chi connectivity index (χ2v) is 8.50. The molecule has 2 N–H and O–H groups in total. The van der Waals surface area contributed by atoms with E-state index < -0.39 is 11.6 Å². The molecule has 0 saturated heterocycles. The van der Waals surface area contributed by atoms with E-state index in [9.17, 15) is 9.90 Å². The van der Waals surface area contributed by atoms with E-state index in [4.69, 9.17) is 31.2 Å². The minimum atomic E-state index is -0.596. The Kier molecular flexibility index (Phi) is 5.70. The van der Waals surface area contributed by atoms with Crippen LogP contribution in [0.3, 0.4) is 0 Å². The summed E-state index contributed by atoms with van der Waals surface area (Å²) >= 11 is 5.42. The van der Waals surface area contributed by atoms with Gasteiger partial charge in [0.1, 0.15) is 5.75 Å². The van der Waals surface area contributed by atoms with Crippen molar-refractivity contribution in [3.63, 3.8) is 0 Å². The first-order valence-corrected chi connectivity index (χ1v) is 11.4. The quantitative estimate of drug-likeness (QED) is 0.534. The van der Waals surface area contributed by atoms with Crippen LogP contribution in [-0.2, 0) is 6.42 Å². The van der Waals surface area contributed by atoms with Gasteiger partial charge in [-0.05, 0) is 68.5 Å². The number of hydrogen-bond donors (Lipinski definition) is 2. The maximum atomic E-state index is 13.2. The summed E-state index contributed by atoms with van der Waals surface area (Å²) in [6.07, 6.45) is 0.728. The van der Waals surface area contributed by atoms with Crippen molar-refractivity contribution in [2.45, 2.75) is 19.4 Å². The molecule has 2 aliphatic heterocycles. The van der Waals surface area contributed by atoms with Gasteiger partial charge in [0.15, 0.2) is 16.3 Å². The molecule has 178 valence electrons. The molecule has 3 heterocycles. The Hall–Kier alpha value is -3.50. The van der Waals surface area contributed by atoms with Crippen molar-refractivity contribution in [3.8, 4) is 34.6 Å². The fourth-order valence-electron chi connectivity index (χ4n) is 4.68. The number of methoxy groups -OCH3 is 1. The lowest BCUT2D eigenvalue weighted by Crippen LogP contribution is -2.37. The second-order valence-electron chi connectivity index (χ2n) is 8.11. The molecule has 1 atom stereocenters. The Bertz CT molecular complexity index is 1370. The Labute approximate surface area is 201 Å². The molecule has 2 aromatic carbocycles. The zero-order chi connectivity index (χ0) is 24.0. The van der Waals surface area contributed by atoms with Crippen LogP contribution < -0.4 is 24.5 Å². The predicted molar refractivity (Wildman–Crippen MR) is 127 cm³/mol. The molecular formula is C24H25N3O6S. The zero-order valence-electron chi connectivity index (χ0n) is 19.1. The third-order valence-corrected chi connectivity index (χ3v) is 6.48. The fourth-order valence-corrected chi connectivity index (χ4v) is 4.96. The molecule has 10 heteroatoms. The summed E-state index contributed by atoms with van der Waals surface area (Å²) in [5, 5.41) is 11.5. The highest BCUT2D eigenvalue weighted by atomic mass is 32.1. The van der Waals surface area contributed by atoms with Crippen molar-refractivity contribution in [2.24, 2.45) is 0 Å². The highest BCUT2D eigenvalue weighted by Gasteiger charge is 2.38. The molecule has 0 spiro atoms. The third kappa shape index (κ3) is 3.50. The summed E-state index contributed by atoms with van der Waals surface area (Å²) < 4.78 is 24.0. The molecule has 1 unspecified atom stereocenters. The molecule has 2 aliphatic rings. The molecule has 1 aromatic heterocycles. The first-order valence-electron chi connectivity index (χ1n) is 11.0. The minimum Gasteiger partial charge on any atom is -0.494 e. The van der Waals surface area contributed by atoms with Gasteiger partial charge in [-0.1, -0.05) is 0 Å². The van der Waals surface area contributed by atoms with Gasteiger partial charge >= 0.3 is 0 Å². The van der Waals surface area contributed by atoms with Crippen LogP contribution in [0, 0.1) is 4.77 Å². The summed E-state index contributed by atoms with van der Waals surface area (Å²) in [6.45, 7) is 3.21. The van der Waals surface area contributed by atoms with Gasteiger partial charge in [0.05, 0.1) is 31.0 Å². The predicted octanol–water partition coefficient (Wildman–Crippen LogP) is 3.31.